The van der Waals surface area contributed by atoms with Crippen LogP contribution >= 0.6 is 15.9 Å². The second-order valence-corrected chi connectivity index (χ2v) is 6.44. The summed E-state index contributed by atoms with van der Waals surface area (Å²) in [5.74, 6) is -5.52. The molecule has 0 saturated heterocycles. The van der Waals surface area contributed by atoms with E-state index in [1.807, 2.05) is 0 Å². The minimum atomic E-state index is -4.38. The van der Waals surface area contributed by atoms with Gasteiger partial charge in [0, 0.05) is 10.0 Å². The molecule has 1 amide bonds. The van der Waals surface area contributed by atoms with Crippen molar-refractivity contribution in [1.29, 1.82) is 0 Å². The Hall–Kier alpha value is -1.20. The standard InChI is InChI=1S/C10H9BrF4N2O3S/c11-6-1-5(2-7(3-6)21(16,19)20)8(18)17-4-10(14,15)9(12)13/h1-3,9H,4H2,(H,17,18)(H2,16,19,20). The molecule has 0 aromatic heterocycles. The highest BCUT2D eigenvalue weighted by molar-refractivity contribution is 9.10. The number of nitrogens with two attached hydrogens (primary N) is 1. The third kappa shape index (κ3) is 4.93. The maximum Gasteiger partial charge on any atom is 0.324 e. The van der Waals surface area contributed by atoms with Crippen LogP contribution in [0.15, 0.2) is 27.6 Å². The smallest absolute Gasteiger partial charge is 0.324 e. The molecule has 1 rings (SSSR count). The molecule has 0 spiro atoms. The Morgan fingerprint density at radius 3 is 2.38 bits per heavy atom. The maximum absolute atomic E-state index is 12.7. The predicted molar refractivity (Wildman–Crippen MR) is 68.8 cm³/mol. The minimum absolute atomic E-state index is 0.153. The summed E-state index contributed by atoms with van der Waals surface area (Å²) in [6, 6.07) is 3.07. The van der Waals surface area contributed by atoms with E-state index < -0.39 is 39.7 Å². The van der Waals surface area contributed by atoms with Gasteiger partial charge in [-0.2, -0.15) is 8.78 Å². The van der Waals surface area contributed by atoms with E-state index in [9.17, 15) is 30.8 Å². The predicted octanol–water partition coefficient (Wildman–Crippen LogP) is 1.73. The zero-order chi connectivity index (χ0) is 16.4. The summed E-state index contributed by atoms with van der Waals surface area (Å²) in [7, 11) is -4.12. The van der Waals surface area contributed by atoms with Crippen LogP contribution in [0.25, 0.3) is 0 Å². The number of hydrogen-bond donors (Lipinski definition) is 2. The summed E-state index contributed by atoms with van der Waals surface area (Å²) < 4.78 is 71.7. The number of nitrogens with one attached hydrogen (secondary N) is 1. The summed E-state index contributed by atoms with van der Waals surface area (Å²) >= 11 is 2.92. The molecule has 0 bridgehead atoms. The van der Waals surface area contributed by atoms with Crippen molar-refractivity contribution in [2.45, 2.75) is 17.2 Å². The molecule has 0 unspecified atom stereocenters. The zero-order valence-corrected chi connectivity index (χ0v) is 12.5. The third-order valence-corrected chi connectivity index (χ3v) is 3.62. The van der Waals surface area contributed by atoms with Crippen LogP contribution < -0.4 is 10.5 Å². The van der Waals surface area contributed by atoms with Crippen LogP contribution in [0.2, 0.25) is 0 Å². The van der Waals surface area contributed by atoms with Gasteiger partial charge >= 0.3 is 12.3 Å². The van der Waals surface area contributed by atoms with Crippen LogP contribution in [-0.4, -0.2) is 33.2 Å². The molecule has 1 aromatic rings. The van der Waals surface area contributed by atoms with Gasteiger partial charge in [-0.05, 0) is 18.2 Å². The Bertz CT molecular complexity index is 652. The fraction of sp³-hybridized carbons (Fsp3) is 0.300. The number of primary sulfonamides is 1. The molecule has 0 atom stereocenters. The van der Waals surface area contributed by atoms with Crippen molar-refractivity contribution < 1.29 is 30.8 Å². The topological polar surface area (TPSA) is 89.3 Å². The van der Waals surface area contributed by atoms with Gasteiger partial charge in [-0.25, -0.2) is 22.3 Å². The first-order valence-electron chi connectivity index (χ1n) is 5.21. The van der Waals surface area contributed by atoms with Gasteiger partial charge < -0.3 is 5.32 Å². The second kappa shape index (κ2) is 6.28. The fourth-order valence-electron chi connectivity index (χ4n) is 1.24. The summed E-state index contributed by atoms with van der Waals surface area (Å²) in [5, 5.41) is 6.48. The van der Waals surface area contributed by atoms with Crippen molar-refractivity contribution in [2.75, 3.05) is 6.54 Å². The molecule has 118 valence electrons. The maximum atomic E-state index is 12.7. The van der Waals surface area contributed by atoms with Gasteiger partial charge in [0.2, 0.25) is 10.0 Å². The second-order valence-electron chi connectivity index (χ2n) is 3.97. The molecule has 3 N–H and O–H groups in total. The number of hydrogen-bond acceptors (Lipinski definition) is 3. The normalized spacial score (nSPS) is 12.5. The lowest BCUT2D eigenvalue weighted by atomic mass is 10.2. The number of amides is 1. The first-order valence-corrected chi connectivity index (χ1v) is 7.55. The van der Waals surface area contributed by atoms with Crippen LogP contribution in [0.4, 0.5) is 17.6 Å². The molecule has 0 aliphatic rings. The SMILES string of the molecule is NS(=O)(=O)c1cc(Br)cc(C(=O)NCC(F)(F)C(F)F)c1. The van der Waals surface area contributed by atoms with Crippen molar-refractivity contribution >= 4 is 31.9 Å². The van der Waals surface area contributed by atoms with E-state index in [-0.39, 0.29) is 10.0 Å². The minimum Gasteiger partial charge on any atom is -0.346 e. The van der Waals surface area contributed by atoms with Crippen LogP contribution in [-0.2, 0) is 10.0 Å². The number of rotatable bonds is 5. The van der Waals surface area contributed by atoms with E-state index in [0.717, 1.165) is 18.2 Å². The van der Waals surface area contributed by atoms with Gasteiger partial charge in [-0.15, -0.1) is 0 Å². The Morgan fingerprint density at radius 2 is 1.90 bits per heavy atom. The van der Waals surface area contributed by atoms with Crippen molar-refractivity contribution in [3.8, 4) is 0 Å². The first-order chi connectivity index (χ1) is 9.43. The average molecular weight is 393 g/mol. The molecule has 0 radical (unpaired) electrons. The Labute approximate surface area is 125 Å². The number of carbonyl (C=O) groups excluding carboxylic acids is 1. The van der Waals surface area contributed by atoms with Gasteiger partial charge in [0.25, 0.3) is 5.91 Å². The highest BCUT2D eigenvalue weighted by Gasteiger charge is 2.40. The molecule has 0 saturated carbocycles. The van der Waals surface area contributed by atoms with Gasteiger partial charge in [0.1, 0.15) is 0 Å². The van der Waals surface area contributed by atoms with Gasteiger partial charge in [0.05, 0.1) is 11.4 Å². The van der Waals surface area contributed by atoms with Crippen molar-refractivity contribution in [2.24, 2.45) is 5.14 Å². The summed E-state index contributed by atoms with van der Waals surface area (Å²) in [6.45, 7) is -1.58. The van der Waals surface area contributed by atoms with Gasteiger partial charge in [-0.3, -0.25) is 4.79 Å². The highest BCUT2D eigenvalue weighted by Crippen LogP contribution is 2.22. The molecule has 21 heavy (non-hydrogen) atoms. The van der Waals surface area contributed by atoms with Crippen molar-refractivity contribution in [3.63, 3.8) is 0 Å². The van der Waals surface area contributed by atoms with Crippen LogP contribution in [0, 0.1) is 0 Å². The van der Waals surface area contributed by atoms with E-state index in [4.69, 9.17) is 5.14 Å². The van der Waals surface area contributed by atoms with Crippen LogP contribution in [0.3, 0.4) is 0 Å². The third-order valence-electron chi connectivity index (χ3n) is 2.27. The molecule has 0 aliphatic carbocycles. The van der Waals surface area contributed by atoms with Crippen LogP contribution in [0.5, 0.6) is 0 Å². The van der Waals surface area contributed by atoms with Gasteiger partial charge in [0.15, 0.2) is 0 Å². The quantitative estimate of drug-likeness (QED) is 0.747. The molecular formula is C10H9BrF4N2O3S. The lowest BCUT2D eigenvalue weighted by molar-refractivity contribution is -0.123. The first kappa shape index (κ1) is 17.9. The summed E-state index contributed by atoms with van der Waals surface area (Å²) in [4.78, 5) is 11.2. The van der Waals surface area contributed by atoms with Crippen molar-refractivity contribution in [3.05, 3.63) is 28.2 Å². The summed E-state index contributed by atoms with van der Waals surface area (Å²) in [5.41, 5.74) is -0.321. The Balaban J connectivity index is 2.97. The molecule has 0 heterocycles. The van der Waals surface area contributed by atoms with Gasteiger partial charge in [-0.1, -0.05) is 15.9 Å². The average Bonchev–Trinajstić information content (AvgIpc) is 2.34. The molecule has 1 aromatic carbocycles. The molecule has 5 nitrogen and oxygen atoms in total. The van der Waals surface area contributed by atoms with E-state index in [1.165, 1.54) is 0 Å². The number of carbonyl (C=O) groups is 1. The lowest BCUT2D eigenvalue weighted by Crippen LogP contribution is -2.41. The number of sulfonamides is 1. The monoisotopic (exact) mass is 392 g/mol. The lowest BCUT2D eigenvalue weighted by Gasteiger charge is -2.16. The van der Waals surface area contributed by atoms with E-state index in [1.54, 1.807) is 5.32 Å². The van der Waals surface area contributed by atoms with E-state index >= 15 is 0 Å². The number of alkyl halides is 4. The molecule has 11 heteroatoms. The highest BCUT2D eigenvalue weighted by atomic mass is 79.9. The zero-order valence-electron chi connectivity index (χ0n) is 10.1. The fourth-order valence-corrected chi connectivity index (χ4v) is 2.46. The largest absolute Gasteiger partial charge is 0.346 e. The van der Waals surface area contributed by atoms with E-state index in [0.29, 0.717) is 0 Å². The number of halogens is 5. The van der Waals surface area contributed by atoms with Crippen molar-refractivity contribution in [1.82, 2.24) is 5.32 Å². The summed E-state index contributed by atoms with van der Waals surface area (Å²) in [6.07, 6.45) is -3.93. The Morgan fingerprint density at radius 1 is 1.33 bits per heavy atom. The number of benzene rings is 1. The van der Waals surface area contributed by atoms with E-state index in [2.05, 4.69) is 15.9 Å². The Kier molecular flexibility index (Phi) is 5.34. The van der Waals surface area contributed by atoms with Crippen LogP contribution in [0.1, 0.15) is 10.4 Å². The molecule has 0 fully saturated rings. The molecular weight excluding hydrogens is 384 g/mol. The molecule has 0 aliphatic heterocycles.